The van der Waals surface area contributed by atoms with Gasteiger partial charge in [-0.1, -0.05) is 19.3 Å². The molecule has 2 nitrogen and oxygen atoms in total. The molecule has 0 amide bonds. The maximum absolute atomic E-state index is 9.40. The molecule has 0 bridgehead atoms. The lowest BCUT2D eigenvalue weighted by Gasteiger charge is -2.44. The van der Waals surface area contributed by atoms with Crippen LogP contribution in [0.15, 0.2) is 0 Å². The molecule has 0 heterocycles. The van der Waals surface area contributed by atoms with Gasteiger partial charge in [-0.2, -0.15) is 0 Å². The van der Waals surface area contributed by atoms with Gasteiger partial charge >= 0.3 is 0 Å². The highest BCUT2D eigenvalue weighted by Gasteiger charge is 2.38. The van der Waals surface area contributed by atoms with Gasteiger partial charge in [0.1, 0.15) is 0 Å². The lowest BCUT2D eigenvalue weighted by atomic mass is 9.69. The van der Waals surface area contributed by atoms with Crippen LogP contribution in [0.25, 0.3) is 0 Å². The third kappa shape index (κ3) is 1.96. The number of aliphatic hydroxyl groups excluding tert-OH is 1. The van der Waals surface area contributed by atoms with Crippen LogP contribution in [0.2, 0.25) is 0 Å². The molecule has 2 rings (SSSR count). The zero-order valence-corrected chi connectivity index (χ0v) is 9.34. The largest absolute Gasteiger partial charge is 0.396 e. The Labute approximate surface area is 87.3 Å². The van der Waals surface area contributed by atoms with Gasteiger partial charge in [-0.05, 0) is 32.7 Å². The van der Waals surface area contributed by atoms with E-state index in [9.17, 15) is 5.11 Å². The first kappa shape index (κ1) is 10.4. The highest BCUT2D eigenvalue weighted by molar-refractivity contribution is 4.91. The van der Waals surface area contributed by atoms with Crippen LogP contribution in [0.4, 0.5) is 0 Å². The third-order valence-corrected chi connectivity index (χ3v) is 4.28. The third-order valence-electron chi connectivity index (χ3n) is 4.28. The second-order valence-electron chi connectivity index (χ2n) is 5.37. The molecule has 2 aliphatic carbocycles. The van der Waals surface area contributed by atoms with Gasteiger partial charge in [0.25, 0.3) is 0 Å². The Morgan fingerprint density at radius 2 is 1.86 bits per heavy atom. The smallest absolute Gasteiger partial charge is 0.0499 e. The van der Waals surface area contributed by atoms with E-state index in [0.29, 0.717) is 6.61 Å². The quantitative estimate of drug-likeness (QED) is 0.745. The van der Waals surface area contributed by atoms with Crippen molar-refractivity contribution in [2.45, 2.75) is 51.0 Å². The van der Waals surface area contributed by atoms with Crippen LogP contribution in [0.5, 0.6) is 0 Å². The van der Waals surface area contributed by atoms with Crippen LogP contribution in [-0.2, 0) is 0 Å². The molecule has 2 saturated carbocycles. The second kappa shape index (κ2) is 4.19. The fourth-order valence-corrected chi connectivity index (χ4v) is 3.05. The Bertz CT molecular complexity index is 177. The zero-order chi connectivity index (χ0) is 10.0. The maximum atomic E-state index is 9.40. The van der Waals surface area contributed by atoms with Gasteiger partial charge in [-0.3, -0.25) is 0 Å². The van der Waals surface area contributed by atoms with Crippen molar-refractivity contribution in [3.63, 3.8) is 0 Å². The van der Waals surface area contributed by atoms with E-state index in [2.05, 4.69) is 11.9 Å². The predicted molar refractivity (Wildman–Crippen MR) is 58.3 cm³/mol. The van der Waals surface area contributed by atoms with Gasteiger partial charge in [0, 0.05) is 24.6 Å². The topological polar surface area (TPSA) is 23.5 Å². The number of rotatable bonds is 4. The summed E-state index contributed by atoms with van der Waals surface area (Å²) in [5.41, 5.74) is 0.275. The van der Waals surface area contributed by atoms with Gasteiger partial charge in [-0.25, -0.2) is 0 Å². The fourth-order valence-electron chi connectivity index (χ4n) is 3.05. The van der Waals surface area contributed by atoms with Gasteiger partial charge in [0.2, 0.25) is 0 Å². The summed E-state index contributed by atoms with van der Waals surface area (Å²) < 4.78 is 0. The van der Waals surface area contributed by atoms with E-state index in [0.717, 1.165) is 12.6 Å². The Morgan fingerprint density at radius 3 is 2.29 bits per heavy atom. The van der Waals surface area contributed by atoms with Crippen molar-refractivity contribution >= 4 is 0 Å². The SMILES string of the molecule is CN(CC1(CO)CCC1)C1CCCC1. The summed E-state index contributed by atoms with van der Waals surface area (Å²) in [6.07, 6.45) is 9.35. The highest BCUT2D eigenvalue weighted by atomic mass is 16.3. The summed E-state index contributed by atoms with van der Waals surface area (Å²) in [6.45, 7) is 1.51. The van der Waals surface area contributed by atoms with Crippen molar-refractivity contribution in [2.75, 3.05) is 20.2 Å². The Morgan fingerprint density at radius 1 is 1.21 bits per heavy atom. The van der Waals surface area contributed by atoms with E-state index >= 15 is 0 Å². The summed E-state index contributed by atoms with van der Waals surface area (Å²) >= 11 is 0. The fraction of sp³-hybridized carbons (Fsp3) is 1.00. The monoisotopic (exact) mass is 197 g/mol. The molecule has 2 fully saturated rings. The molecule has 2 aliphatic rings. The van der Waals surface area contributed by atoms with E-state index in [-0.39, 0.29) is 5.41 Å². The van der Waals surface area contributed by atoms with Gasteiger partial charge in [0.15, 0.2) is 0 Å². The number of nitrogens with zero attached hydrogens (tertiary/aromatic N) is 1. The molecular weight excluding hydrogens is 174 g/mol. The molecular formula is C12H23NO. The minimum Gasteiger partial charge on any atom is -0.396 e. The minimum atomic E-state index is 0.275. The lowest BCUT2D eigenvalue weighted by Crippen LogP contribution is -2.46. The maximum Gasteiger partial charge on any atom is 0.0499 e. The van der Waals surface area contributed by atoms with Crippen molar-refractivity contribution < 1.29 is 5.11 Å². The van der Waals surface area contributed by atoms with Crippen molar-refractivity contribution in [3.8, 4) is 0 Å². The first-order chi connectivity index (χ1) is 6.76. The van der Waals surface area contributed by atoms with Gasteiger partial charge in [0.05, 0.1) is 0 Å². The molecule has 0 spiro atoms. The van der Waals surface area contributed by atoms with Gasteiger partial charge in [-0.15, -0.1) is 0 Å². The van der Waals surface area contributed by atoms with Crippen molar-refractivity contribution in [2.24, 2.45) is 5.41 Å². The predicted octanol–water partition coefficient (Wildman–Crippen LogP) is 2.02. The van der Waals surface area contributed by atoms with E-state index in [1.165, 1.54) is 44.9 Å². The molecule has 14 heavy (non-hydrogen) atoms. The molecule has 0 saturated heterocycles. The van der Waals surface area contributed by atoms with Crippen LogP contribution >= 0.6 is 0 Å². The number of aliphatic hydroxyl groups is 1. The van der Waals surface area contributed by atoms with Crippen LogP contribution in [0.3, 0.4) is 0 Å². The highest BCUT2D eigenvalue weighted by Crippen LogP contribution is 2.41. The first-order valence-electron chi connectivity index (χ1n) is 6.07. The van der Waals surface area contributed by atoms with Crippen molar-refractivity contribution in [3.05, 3.63) is 0 Å². The van der Waals surface area contributed by atoms with Crippen molar-refractivity contribution in [1.29, 1.82) is 0 Å². The second-order valence-corrected chi connectivity index (χ2v) is 5.37. The summed E-state index contributed by atoms with van der Waals surface area (Å²) in [6, 6.07) is 0.805. The molecule has 0 aromatic heterocycles. The molecule has 0 atom stereocenters. The van der Waals surface area contributed by atoms with E-state index in [4.69, 9.17) is 0 Å². The van der Waals surface area contributed by atoms with Crippen LogP contribution in [0.1, 0.15) is 44.9 Å². The first-order valence-corrected chi connectivity index (χ1v) is 6.07. The Hall–Kier alpha value is -0.0800. The molecule has 0 aromatic carbocycles. The average molecular weight is 197 g/mol. The van der Waals surface area contributed by atoms with Crippen molar-refractivity contribution in [1.82, 2.24) is 4.90 Å². The summed E-state index contributed by atoms with van der Waals surface area (Å²) in [4.78, 5) is 2.50. The molecule has 2 heteroatoms. The molecule has 0 aliphatic heterocycles. The molecule has 82 valence electrons. The standard InChI is InChI=1S/C12H23NO/c1-13(11-5-2-3-6-11)9-12(10-14)7-4-8-12/h11,14H,2-10H2,1H3. The lowest BCUT2D eigenvalue weighted by molar-refractivity contribution is 0.00451. The molecule has 1 N–H and O–H groups in total. The van der Waals surface area contributed by atoms with E-state index in [1.807, 2.05) is 0 Å². The van der Waals surface area contributed by atoms with Gasteiger partial charge < -0.3 is 10.0 Å². The van der Waals surface area contributed by atoms with Crippen LogP contribution in [0, 0.1) is 5.41 Å². The summed E-state index contributed by atoms with van der Waals surface area (Å²) in [5.74, 6) is 0. The summed E-state index contributed by atoms with van der Waals surface area (Å²) in [5, 5.41) is 9.40. The number of hydrogen-bond acceptors (Lipinski definition) is 2. The summed E-state index contributed by atoms with van der Waals surface area (Å²) in [7, 11) is 2.24. The Balaban J connectivity index is 1.83. The van der Waals surface area contributed by atoms with Crippen LogP contribution in [-0.4, -0.2) is 36.2 Å². The molecule has 0 radical (unpaired) electrons. The van der Waals surface area contributed by atoms with E-state index < -0.39 is 0 Å². The van der Waals surface area contributed by atoms with E-state index in [1.54, 1.807) is 0 Å². The zero-order valence-electron chi connectivity index (χ0n) is 9.34. The molecule has 0 unspecified atom stereocenters. The molecule has 0 aromatic rings. The Kier molecular flexibility index (Phi) is 3.13. The van der Waals surface area contributed by atoms with Crippen LogP contribution < -0.4 is 0 Å². The minimum absolute atomic E-state index is 0.275. The average Bonchev–Trinajstić information content (AvgIpc) is 2.63. The normalized spacial score (nSPS) is 26.8. The number of hydrogen-bond donors (Lipinski definition) is 1.